The Balaban J connectivity index is -0.00000144. The molecular weight excluding hydrogens is 356 g/mol. The molecule has 0 aromatic heterocycles. The monoisotopic (exact) mass is 396 g/mol. The van der Waals surface area contributed by atoms with Crippen LogP contribution in [0, 0.1) is 0 Å². The van der Waals surface area contributed by atoms with Gasteiger partial charge in [-0.1, -0.05) is 90.4 Å². The van der Waals surface area contributed by atoms with Crippen LogP contribution in [0.25, 0.3) is 0 Å². The van der Waals surface area contributed by atoms with Gasteiger partial charge in [-0.3, -0.25) is 0 Å². The van der Waals surface area contributed by atoms with Gasteiger partial charge in [-0.25, -0.2) is 0 Å². The van der Waals surface area contributed by atoms with Crippen LogP contribution in [0.4, 0.5) is 0 Å². The van der Waals surface area contributed by atoms with Crippen molar-refractivity contribution in [2.45, 2.75) is 29.7 Å². The molecule has 0 aliphatic heterocycles. The van der Waals surface area contributed by atoms with Crippen molar-refractivity contribution in [3.63, 3.8) is 0 Å². The normalized spacial score (nSPS) is 9.85. The number of hydrogen-bond acceptors (Lipinski definition) is 4. The predicted molar refractivity (Wildman–Crippen MR) is 120 cm³/mol. The van der Waals surface area contributed by atoms with E-state index in [9.17, 15) is 0 Å². The highest BCUT2D eigenvalue weighted by Gasteiger charge is 2.42. The van der Waals surface area contributed by atoms with Gasteiger partial charge in [0, 0.05) is 14.2 Å². The lowest BCUT2D eigenvalue weighted by molar-refractivity contribution is 0.0970. The highest BCUT2D eigenvalue weighted by atomic mass is 28.4. The minimum Gasteiger partial charge on any atom is -0.385 e. The molecule has 2 rings (SSSR count). The largest absolute Gasteiger partial charge is 0.407 e. The Labute approximate surface area is 168 Å². The summed E-state index contributed by atoms with van der Waals surface area (Å²) in [6.07, 6.45) is 0. The summed E-state index contributed by atoms with van der Waals surface area (Å²) in [6.45, 7) is 2.03. The number of rotatable bonds is 10. The second kappa shape index (κ2) is 16.7. The smallest absolute Gasteiger partial charge is 0.385 e. The van der Waals surface area contributed by atoms with Gasteiger partial charge >= 0.3 is 8.56 Å². The molecule has 0 saturated heterocycles. The highest BCUT2D eigenvalue weighted by molar-refractivity contribution is 6.92. The molecule has 0 N–H and O–H groups in total. The Kier molecular flexibility index (Phi) is 18.6. The molecule has 2 aromatic rings. The molecule has 0 spiro atoms. The van der Waals surface area contributed by atoms with Crippen molar-refractivity contribution in [2.24, 2.45) is 0 Å². The summed E-state index contributed by atoms with van der Waals surface area (Å²) < 4.78 is 23.0. The van der Waals surface area contributed by atoms with Gasteiger partial charge in [-0.05, 0) is 10.4 Å². The minimum absolute atomic E-state index is 0. The molecule has 0 heterocycles. The summed E-state index contributed by atoms with van der Waals surface area (Å²) in [5.41, 5.74) is 0. The minimum atomic E-state index is -2.78. The topological polar surface area (TPSA) is 36.9 Å². The Bertz CT molecular complexity index is 497. The molecule has 0 saturated carbocycles. The summed E-state index contributed by atoms with van der Waals surface area (Å²) in [5, 5.41) is 2.16. The Hall–Kier alpha value is -1.50. The molecule has 0 unspecified atom stereocenters. The molecule has 156 valence electrons. The van der Waals surface area contributed by atoms with Crippen LogP contribution in [0.15, 0.2) is 60.7 Å². The maximum Gasteiger partial charge on any atom is 0.407 e. The highest BCUT2D eigenvalue weighted by Crippen LogP contribution is 2.10. The number of methoxy groups -OCH3 is 2. The number of benzene rings is 2. The van der Waals surface area contributed by atoms with E-state index >= 15 is 0 Å². The van der Waals surface area contributed by atoms with Crippen LogP contribution < -0.4 is 10.4 Å². The van der Waals surface area contributed by atoms with E-state index in [0.717, 1.165) is 10.4 Å². The molecule has 0 aliphatic rings. The first-order chi connectivity index (χ1) is 11.3. The van der Waals surface area contributed by atoms with Crippen molar-refractivity contribution in [1.82, 2.24) is 0 Å². The van der Waals surface area contributed by atoms with Gasteiger partial charge in [-0.15, -0.1) is 0 Å². The molecule has 0 aliphatic carbocycles. The summed E-state index contributed by atoms with van der Waals surface area (Å²) in [4.78, 5) is 0. The van der Waals surface area contributed by atoms with Crippen molar-refractivity contribution in [3.05, 3.63) is 60.7 Å². The van der Waals surface area contributed by atoms with Gasteiger partial charge in [0.05, 0.1) is 26.4 Å². The van der Waals surface area contributed by atoms with Gasteiger partial charge in [0.2, 0.25) is 0 Å². The number of ether oxygens (including phenoxy) is 2. The van der Waals surface area contributed by atoms with E-state index in [4.69, 9.17) is 18.3 Å². The van der Waals surface area contributed by atoms with Crippen LogP contribution in [-0.2, 0) is 18.3 Å². The van der Waals surface area contributed by atoms with E-state index in [-0.39, 0.29) is 29.7 Å². The van der Waals surface area contributed by atoms with Crippen LogP contribution in [-0.4, -0.2) is 49.2 Å². The van der Waals surface area contributed by atoms with Gasteiger partial charge < -0.3 is 18.3 Å². The van der Waals surface area contributed by atoms with Crippen molar-refractivity contribution >= 4 is 18.9 Å². The molecular formula is C22H40O4Si. The van der Waals surface area contributed by atoms with E-state index in [1.165, 1.54) is 0 Å². The van der Waals surface area contributed by atoms with Gasteiger partial charge in [0.25, 0.3) is 0 Å². The van der Waals surface area contributed by atoms with E-state index < -0.39 is 8.56 Å². The second-order valence-corrected chi connectivity index (χ2v) is 8.00. The molecule has 2 aromatic carbocycles. The molecule has 0 atom stereocenters. The third kappa shape index (κ3) is 8.37. The van der Waals surface area contributed by atoms with Crippen LogP contribution in [0.5, 0.6) is 0 Å². The average Bonchev–Trinajstić information content (AvgIpc) is 2.62. The zero-order chi connectivity index (χ0) is 16.4. The van der Waals surface area contributed by atoms with Crippen molar-refractivity contribution in [1.29, 1.82) is 0 Å². The average molecular weight is 397 g/mol. The van der Waals surface area contributed by atoms with Gasteiger partial charge in [-0.2, -0.15) is 0 Å². The lowest BCUT2D eigenvalue weighted by Gasteiger charge is -2.31. The van der Waals surface area contributed by atoms with Crippen LogP contribution in [0.2, 0.25) is 0 Å². The SMILES string of the molecule is C.C.C.C.COCCO[Si](OCCOC)(c1ccccc1)c1ccccc1. The van der Waals surface area contributed by atoms with Crippen molar-refractivity contribution in [3.8, 4) is 0 Å². The van der Waals surface area contributed by atoms with Crippen molar-refractivity contribution < 1.29 is 18.3 Å². The van der Waals surface area contributed by atoms with Crippen LogP contribution >= 0.6 is 0 Å². The maximum absolute atomic E-state index is 6.32. The summed E-state index contributed by atoms with van der Waals surface area (Å²) in [6, 6.07) is 20.3. The molecule has 0 bridgehead atoms. The number of hydrogen-bond donors (Lipinski definition) is 0. The summed E-state index contributed by atoms with van der Waals surface area (Å²) >= 11 is 0. The van der Waals surface area contributed by atoms with E-state index in [0.29, 0.717) is 26.4 Å². The third-order valence-electron chi connectivity index (χ3n) is 3.49. The summed E-state index contributed by atoms with van der Waals surface area (Å²) in [7, 11) is 0.558. The van der Waals surface area contributed by atoms with E-state index in [2.05, 4.69) is 24.3 Å². The fourth-order valence-electron chi connectivity index (χ4n) is 2.39. The standard InChI is InChI=1S/C18H24O4Si.4CH4/c1-19-13-15-21-23(22-16-14-20-2,17-9-5-3-6-10-17)18-11-7-4-8-12-18;;;;/h3-12H,13-16H2,1-2H3;4*1H4. The Morgan fingerprint density at radius 2 is 0.889 bits per heavy atom. The summed E-state index contributed by atoms with van der Waals surface area (Å²) in [5.74, 6) is 0. The Morgan fingerprint density at radius 1 is 0.556 bits per heavy atom. The fraction of sp³-hybridized carbons (Fsp3) is 0.455. The van der Waals surface area contributed by atoms with Crippen molar-refractivity contribution in [2.75, 3.05) is 40.6 Å². The van der Waals surface area contributed by atoms with E-state index in [1.54, 1.807) is 14.2 Å². The molecule has 27 heavy (non-hydrogen) atoms. The van der Waals surface area contributed by atoms with E-state index in [1.807, 2.05) is 36.4 Å². The molecule has 5 heteroatoms. The fourth-order valence-corrected chi connectivity index (χ4v) is 5.48. The maximum atomic E-state index is 6.32. The van der Waals surface area contributed by atoms with Gasteiger partial charge in [0.1, 0.15) is 0 Å². The van der Waals surface area contributed by atoms with Gasteiger partial charge in [0.15, 0.2) is 0 Å². The first kappa shape index (κ1) is 30.2. The zero-order valence-electron chi connectivity index (χ0n) is 13.7. The lowest BCUT2D eigenvalue weighted by Crippen LogP contribution is -2.64. The van der Waals surface area contributed by atoms with Crippen LogP contribution in [0.3, 0.4) is 0 Å². The lowest BCUT2D eigenvalue weighted by atomic mass is 10.4. The molecule has 0 radical (unpaired) electrons. The Morgan fingerprint density at radius 3 is 1.19 bits per heavy atom. The molecule has 0 amide bonds. The molecule has 0 fully saturated rings. The third-order valence-corrected chi connectivity index (χ3v) is 6.90. The van der Waals surface area contributed by atoms with Crippen LogP contribution in [0.1, 0.15) is 29.7 Å². The molecule has 4 nitrogen and oxygen atoms in total. The first-order valence-corrected chi connectivity index (χ1v) is 9.52. The predicted octanol–water partition coefficient (Wildman–Crippen LogP) is 4.11. The quantitative estimate of drug-likeness (QED) is 0.447. The second-order valence-electron chi connectivity index (χ2n) is 5.03. The first-order valence-electron chi connectivity index (χ1n) is 7.70. The zero-order valence-corrected chi connectivity index (χ0v) is 14.7.